The predicted molar refractivity (Wildman–Crippen MR) is 103 cm³/mol. The van der Waals surface area contributed by atoms with Crippen molar-refractivity contribution in [1.82, 2.24) is 9.62 Å². The van der Waals surface area contributed by atoms with Crippen molar-refractivity contribution >= 4 is 15.9 Å². The number of hydrogen-bond donors (Lipinski definition) is 1. The largest absolute Gasteiger partial charge is 0.353 e. The molecule has 2 aromatic rings. The molecule has 0 heterocycles. The molecule has 0 aliphatic carbocycles. The molecule has 0 aliphatic heterocycles. The highest BCUT2D eigenvalue weighted by atomic mass is 32.2. The summed E-state index contributed by atoms with van der Waals surface area (Å²) in [6.07, 6.45) is 1.73. The molecule has 0 radical (unpaired) electrons. The highest BCUT2D eigenvalue weighted by Gasteiger charge is 2.27. The van der Waals surface area contributed by atoms with Crippen LogP contribution in [-0.4, -0.2) is 31.2 Å². The molecule has 0 fully saturated rings. The number of halogens is 1. The van der Waals surface area contributed by atoms with Crippen molar-refractivity contribution in [1.29, 1.82) is 0 Å². The van der Waals surface area contributed by atoms with E-state index in [-0.39, 0.29) is 29.9 Å². The molecular weight excluding hydrogens is 367 g/mol. The summed E-state index contributed by atoms with van der Waals surface area (Å²) in [5.41, 5.74) is 0.602. The molecule has 2 rings (SSSR count). The maximum Gasteiger partial charge on any atom is 0.243 e. The molecule has 146 valence electrons. The van der Waals surface area contributed by atoms with Gasteiger partial charge in [0.2, 0.25) is 15.9 Å². The predicted octanol–water partition coefficient (Wildman–Crippen LogP) is 3.32. The minimum absolute atomic E-state index is 0.0207. The molecule has 5 nitrogen and oxygen atoms in total. The molecule has 0 unspecified atom stereocenters. The van der Waals surface area contributed by atoms with Crippen molar-refractivity contribution in [3.63, 3.8) is 0 Å². The second-order valence-electron chi connectivity index (χ2n) is 6.47. The fraction of sp³-hybridized carbons (Fsp3) is 0.350. The molecule has 7 heteroatoms. The van der Waals surface area contributed by atoms with Crippen molar-refractivity contribution in [2.75, 3.05) is 6.54 Å². The summed E-state index contributed by atoms with van der Waals surface area (Å²) in [5, 5.41) is 2.82. The van der Waals surface area contributed by atoms with Crippen LogP contribution in [0.2, 0.25) is 0 Å². The van der Waals surface area contributed by atoms with Gasteiger partial charge in [-0.2, -0.15) is 4.31 Å². The van der Waals surface area contributed by atoms with E-state index in [2.05, 4.69) is 5.32 Å². The van der Waals surface area contributed by atoms with E-state index in [1.165, 1.54) is 36.4 Å². The lowest BCUT2D eigenvalue weighted by Gasteiger charge is -2.23. The average molecular weight is 392 g/mol. The van der Waals surface area contributed by atoms with Crippen LogP contribution in [0.5, 0.6) is 0 Å². The molecule has 1 atom stereocenters. The number of hydrogen-bond acceptors (Lipinski definition) is 3. The van der Waals surface area contributed by atoms with E-state index in [1.54, 1.807) is 18.2 Å². The Kier molecular flexibility index (Phi) is 7.50. The van der Waals surface area contributed by atoms with Gasteiger partial charge in [-0.15, -0.1) is 0 Å². The molecule has 1 amide bonds. The minimum Gasteiger partial charge on any atom is -0.353 e. The van der Waals surface area contributed by atoms with Crippen molar-refractivity contribution < 1.29 is 17.6 Å². The highest BCUT2D eigenvalue weighted by Crippen LogP contribution is 2.18. The Morgan fingerprint density at radius 2 is 1.74 bits per heavy atom. The van der Waals surface area contributed by atoms with Gasteiger partial charge in [0.1, 0.15) is 5.82 Å². The minimum atomic E-state index is -3.87. The molecule has 0 aromatic heterocycles. The number of sulfonamides is 1. The van der Waals surface area contributed by atoms with Gasteiger partial charge >= 0.3 is 0 Å². The SMILES string of the molecule is CCC[C@H](C)NC(=O)CN(Cc1ccc(F)cc1)S(=O)(=O)c1ccccc1. The lowest BCUT2D eigenvalue weighted by atomic mass is 10.2. The fourth-order valence-electron chi connectivity index (χ4n) is 2.75. The summed E-state index contributed by atoms with van der Waals surface area (Å²) < 4.78 is 40.3. The zero-order chi connectivity index (χ0) is 19.9. The molecular formula is C20H25FN2O3S. The first kappa shape index (κ1) is 21.1. The van der Waals surface area contributed by atoms with Crippen LogP contribution < -0.4 is 5.32 Å². The number of nitrogens with zero attached hydrogens (tertiary/aromatic N) is 1. The summed E-state index contributed by atoms with van der Waals surface area (Å²) >= 11 is 0. The van der Waals surface area contributed by atoms with Crippen LogP contribution in [0.1, 0.15) is 32.3 Å². The van der Waals surface area contributed by atoms with E-state index in [9.17, 15) is 17.6 Å². The van der Waals surface area contributed by atoms with Crippen molar-refractivity contribution in [3.05, 3.63) is 66.0 Å². The highest BCUT2D eigenvalue weighted by molar-refractivity contribution is 7.89. The first-order chi connectivity index (χ1) is 12.8. The molecule has 0 bridgehead atoms. The first-order valence-corrected chi connectivity index (χ1v) is 10.4. The Morgan fingerprint density at radius 3 is 2.33 bits per heavy atom. The van der Waals surface area contributed by atoms with Gasteiger partial charge in [-0.05, 0) is 43.2 Å². The fourth-order valence-corrected chi connectivity index (χ4v) is 4.15. The van der Waals surface area contributed by atoms with Crippen LogP contribution in [0.4, 0.5) is 4.39 Å². The molecule has 2 aromatic carbocycles. The Balaban J connectivity index is 2.25. The zero-order valence-corrected chi connectivity index (χ0v) is 16.4. The van der Waals surface area contributed by atoms with E-state index in [0.717, 1.165) is 17.1 Å². The summed E-state index contributed by atoms with van der Waals surface area (Å²) in [7, 11) is -3.87. The van der Waals surface area contributed by atoms with Gasteiger partial charge < -0.3 is 5.32 Å². The van der Waals surface area contributed by atoms with Crippen LogP contribution in [0.15, 0.2) is 59.5 Å². The van der Waals surface area contributed by atoms with Crippen LogP contribution in [0, 0.1) is 5.82 Å². The number of amides is 1. The maximum atomic E-state index is 13.2. The number of carbonyl (C=O) groups excluding carboxylic acids is 1. The van der Waals surface area contributed by atoms with Gasteiger partial charge in [-0.1, -0.05) is 43.7 Å². The third-order valence-corrected chi connectivity index (χ3v) is 5.91. The lowest BCUT2D eigenvalue weighted by molar-refractivity contribution is -0.122. The number of nitrogens with one attached hydrogen (secondary N) is 1. The first-order valence-electron chi connectivity index (χ1n) is 8.92. The molecule has 0 spiro atoms. The van der Waals surface area contributed by atoms with Gasteiger partial charge in [-0.25, -0.2) is 12.8 Å². The topological polar surface area (TPSA) is 66.5 Å². The number of rotatable bonds is 9. The van der Waals surface area contributed by atoms with E-state index in [0.29, 0.717) is 5.56 Å². The maximum absolute atomic E-state index is 13.2. The van der Waals surface area contributed by atoms with Crippen LogP contribution in [0.3, 0.4) is 0 Å². The number of benzene rings is 2. The number of carbonyl (C=O) groups is 1. The quantitative estimate of drug-likeness (QED) is 0.712. The Morgan fingerprint density at radius 1 is 1.11 bits per heavy atom. The second kappa shape index (κ2) is 9.62. The van der Waals surface area contributed by atoms with Gasteiger partial charge in [0, 0.05) is 12.6 Å². The Bertz CT molecular complexity index is 839. The molecule has 0 saturated heterocycles. The Labute approximate surface area is 160 Å². The van der Waals surface area contributed by atoms with Crippen LogP contribution in [-0.2, 0) is 21.4 Å². The van der Waals surface area contributed by atoms with Crippen molar-refractivity contribution in [2.45, 2.75) is 44.2 Å². The van der Waals surface area contributed by atoms with E-state index < -0.39 is 15.8 Å². The summed E-state index contributed by atoms with van der Waals surface area (Å²) in [6, 6.07) is 13.5. The third-order valence-electron chi connectivity index (χ3n) is 4.10. The molecule has 1 N–H and O–H groups in total. The molecule has 0 aliphatic rings. The zero-order valence-electron chi connectivity index (χ0n) is 15.6. The summed E-state index contributed by atoms with van der Waals surface area (Å²) in [5.74, 6) is -0.764. The van der Waals surface area contributed by atoms with Crippen molar-refractivity contribution in [2.24, 2.45) is 0 Å². The van der Waals surface area contributed by atoms with Gasteiger partial charge in [0.25, 0.3) is 0 Å². The monoisotopic (exact) mass is 392 g/mol. The van der Waals surface area contributed by atoms with E-state index >= 15 is 0 Å². The standard InChI is InChI=1S/C20H25FN2O3S/c1-3-7-16(2)22-20(24)15-23(14-17-10-12-18(21)13-11-17)27(25,26)19-8-5-4-6-9-19/h4-6,8-13,16H,3,7,14-15H2,1-2H3,(H,22,24)/t16-/m0/s1. The molecule has 0 saturated carbocycles. The Hall–Kier alpha value is -2.25. The van der Waals surface area contributed by atoms with E-state index in [4.69, 9.17) is 0 Å². The summed E-state index contributed by atoms with van der Waals surface area (Å²) in [4.78, 5) is 12.5. The summed E-state index contributed by atoms with van der Waals surface area (Å²) in [6.45, 7) is 3.58. The average Bonchev–Trinajstić information content (AvgIpc) is 2.63. The molecule has 27 heavy (non-hydrogen) atoms. The van der Waals surface area contributed by atoms with E-state index in [1.807, 2.05) is 13.8 Å². The van der Waals surface area contributed by atoms with Gasteiger partial charge in [0.15, 0.2) is 0 Å². The van der Waals surface area contributed by atoms with Crippen LogP contribution >= 0.6 is 0 Å². The van der Waals surface area contributed by atoms with Crippen molar-refractivity contribution in [3.8, 4) is 0 Å². The van der Waals surface area contributed by atoms with Gasteiger partial charge in [0.05, 0.1) is 11.4 Å². The van der Waals surface area contributed by atoms with Crippen LogP contribution in [0.25, 0.3) is 0 Å². The second-order valence-corrected chi connectivity index (χ2v) is 8.41. The smallest absolute Gasteiger partial charge is 0.243 e. The third kappa shape index (κ3) is 6.15. The van der Waals surface area contributed by atoms with Gasteiger partial charge in [-0.3, -0.25) is 4.79 Å². The normalized spacial score (nSPS) is 12.7. The lowest BCUT2D eigenvalue weighted by Crippen LogP contribution is -2.43.